The Morgan fingerprint density at radius 2 is 2.05 bits per heavy atom. The zero-order chi connectivity index (χ0) is 15.2. The van der Waals surface area contributed by atoms with Crippen LogP contribution in [0.1, 0.15) is 18.9 Å². The first kappa shape index (κ1) is 16.7. The zero-order valence-electron chi connectivity index (χ0n) is 11.9. The summed E-state index contributed by atoms with van der Waals surface area (Å²) in [5.41, 5.74) is 1.71. The van der Waals surface area contributed by atoms with Gasteiger partial charge in [0.05, 0.1) is 5.75 Å². The number of rotatable bonds is 7. The van der Waals surface area contributed by atoms with E-state index in [2.05, 4.69) is 0 Å². The van der Waals surface area contributed by atoms with Gasteiger partial charge >= 0.3 is 0 Å². The number of benzene rings is 1. The van der Waals surface area contributed by atoms with Crippen LogP contribution in [0.3, 0.4) is 0 Å². The fourth-order valence-corrected chi connectivity index (χ4v) is 3.17. The van der Waals surface area contributed by atoms with Crippen molar-refractivity contribution < 1.29 is 18.3 Å². The van der Waals surface area contributed by atoms with Gasteiger partial charge in [0.15, 0.2) is 9.84 Å². The molecule has 0 saturated carbocycles. The van der Waals surface area contributed by atoms with Crippen molar-refractivity contribution in [3.63, 3.8) is 0 Å². The van der Waals surface area contributed by atoms with Gasteiger partial charge in [0.2, 0.25) is 5.91 Å². The van der Waals surface area contributed by atoms with E-state index in [9.17, 15) is 13.2 Å². The summed E-state index contributed by atoms with van der Waals surface area (Å²) in [4.78, 5) is 13.6. The number of nitrogens with zero attached hydrogens (tertiary/aromatic N) is 1. The molecule has 6 heteroatoms. The predicted molar refractivity (Wildman–Crippen MR) is 79.6 cm³/mol. The molecule has 5 nitrogen and oxygen atoms in total. The summed E-state index contributed by atoms with van der Waals surface area (Å²) in [5.74, 6) is -1.12. The standard InChI is InChI=1S/C14H21NO4S/c1-3-15(13-7-4-6-12(2)10-13)14(17)11-20(18,19)9-5-8-16/h4,6-7,10,16H,3,5,8-9,11H2,1-2H3. The number of hydrogen-bond donors (Lipinski definition) is 1. The molecule has 0 heterocycles. The van der Waals surface area contributed by atoms with E-state index in [0.29, 0.717) is 12.2 Å². The average molecular weight is 299 g/mol. The maximum Gasteiger partial charge on any atom is 0.242 e. The Labute approximate surface area is 120 Å². The molecule has 0 radical (unpaired) electrons. The van der Waals surface area contributed by atoms with Crippen molar-refractivity contribution >= 4 is 21.4 Å². The lowest BCUT2D eigenvalue weighted by Crippen LogP contribution is -2.36. The first-order valence-electron chi connectivity index (χ1n) is 6.58. The largest absolute Gasteiger partial charge is 0.396 e. The van der Waals surface area contributed by atoms with E-state index in [1.165, 1.54) is 4.90 Å². The molecule has 1 aromatic carbocycles. The van der Waals surface area contributed by atoms with Gasteiger partial charge in [0, 0.05) is 18.8 Å². The normalized spacial score (nSPS) is 11.3. The van der Waals surface area contributed by atoms with Crippen LogP contribution in [0.2, 0.25) is 0 Å². The molecule has 0 spiro atoms. The number of anilines is 1. The van der Waals surface area contributed by atoms with Crippen LogP contribution in [0.5, 0.6) is 0 Å². The molecule has 0 unspecified atom stereocenters. The molecule has 1 aromatic rings. The minimum atomic E-state index is -3.47. The SMILES string of the molecule is CCN(C(=O)CS(=O)(=O)CCCO)c1cccc(C)c1. The molecule has 1 amide bonds. The van der Waals surface area contributed by atoms with Crippen molar-refractivity contribution in [3.8, 4) is 0 Å². The third-order valence-electron chi connectivity index (χ3n) is 2.89. The van der Waals surface area contributed by atoms with Crippen LogP contribution in [0.15, 0.2) is 24.3 Å². The van der Waals surface area contributed by atoms with E-state index < -0.39 is 21.5 Å². The van der Waals surface area contributed by atoms with Crippen molar-refractivity contribution in [3.05, 3.63) is 29.8 Å². The molecule has 0 atom stereocenters. The Morgan fingerprint density at radius 3 is 2.60 bits per heavy atom. The molecular formula is C14H21NO4S. The molecule has 0 bridgehead atoms. The topological polar surface area (TPSA) is 74.7 Å². The monoisotopic (exact) mass is 299 g/mol. The molecule has 0 fully saturated rings. The highest BCUT2D eigenvalue weighted by Gasteiger charge is 2.21. The number of aliphatic hydroxyl groups is 1. The van der Waals surface area contributed by atoms with Gasteiger partial charge in [-0.1, -0.05) is 12.1 Å². The molecular weight excluding hydrogens is 278 g/mol. The molecule has 0 aliphatic heterocycles. The van der Waals surface area contributed by atoms with Gasteiger partial charge in [-0.15, -0.1) is 0 Å². The van der Waals surface area contributed by atoms with Crippen LogP contribution in [0.25, 0.3) is 0 Å². The van der Waals surface area contributed by atoms with E-state index in [1.54, 1.807) is 13.0 Å². The minimum Gasteiger partial charge on any atom is -0.396 e. The lowest BCUT2D eigenvalue weighted by atomic mass is 10.2. The third-order valence-corrected chi connectivity index (χ3v) is 4.48. The molecule has 112 valence electrons. The number of amides is 1. The molecule has 20 heavy (non-hydrogen) atoms. The van der Waals surface area contributed by atoms with Gasteiger partial charge in [-0.05, 0) is 38.0 Å². The quantitative estimate of drug-likeness (QED) is 0.819. The van der Waals surface area contributed by atoms with E-state index in [-0.39, 0.29) is 18.8 Å². The number of aryl methyl sites for hydroxylation is 1. The molecule has 0 aromatic heterocycles. The van der Waals surface area contributed by atoms with Crippen molar-refractivity contribution in [1.29, 1.82) is 0 Å². The zero-order valence-corrected chi connectivity index (χ0v) is 12.7. The number of aliphatic hydroxyl groups excluding tert-OH is 1. The number of sulfone groups is 1. The number of carbonyl (C=O) groups is 1. The van der Waals surface area contributed by atoms with Crippen molar-refractivity contribution in [2.24, 2.45) is 0 Å². The second-order valence-corrected chi connectivity index (χ2v) is 6.83. The van der Waals surface area contributed by atoms with Crippen molar-refractivity contribution in [2.45, 2.75) is 20.3 Å². The Balaban J connectivity index is 2.83. The van der Waals surface area contributed by atoms with Gasteiger partial charge in [-0.2, -0.15) is 0 Å². The van der Waals surface area contributed by atoms with Crippen LogP contribution < -0.4 is 4.90 Å². The highest BCUT2D eigenvalue weighted by Crippen LogP contribution is 2.16. The second-order valence-electron chi connectivity index (χ2n) is 4.65. The van der Waals surface area contributed by atoms with Crippen LogP contribution in [0, 0.1) is 6.92 Å². The average Bonchev–Trinajstić information content (AvgIpc) is 2.37. The molecule has 1 rings (SSSR count). The van der Waals surface area contributed by atoms with Crippen LogP contribution >= 0.6 is 0 Å². The fourth-order valence-electron chi connectivity index (χ4n) is 1.92. The summed E-state index contributed by atoms with van der Waals surface area (Å²) < 4.78 is 23.5. The van der Waals surface area contributed by atoms with E-state index in [0.717, 1.165) is 5.56 Å². The summed E-state index contributed by atoms with van der Waals surface area (Å²) in [6, 6.07) is 7.39. The minimum absolute atomic E-state index is 0.159. The molecule has 1 N–H and O–H groups in total. The summed E-state index contributed by atoms with van der Waals surface area (Å²) in [6.45, 7) is 3.95. The van der Waals surface area contributed by atoms with Gasteiger partial charge in [-0.25, -0.2) is 8.42 Å². The fraction of sp³-hybridized carbons (Fsp3) is 0.500. The molecule has 0 aliphatic rings. The lowest BCUT2D eigenvalue weighted by Gasteiger charge is -2.21. The Kier molecular flexibility index (Phi) is 6.16. The summed E-state index contributed by atoms with van der Waals surface area (Å²) in [7, 11) is -3.47. The maximum atomic E-state index is 12.1. The summed E-state index contributed by atoms with van der Waals surface area (Å²) >= 11 is 0. The van der Waals surface area contributed by atoms with Gasteiger partial charge in [0.1, 0.15) is 5.75 Å². The maximum absolute atomic E-state index is 12.1. The summed E-state index contributed by atoms with van der Waals surface area (Å²) in [5, 5.41) is 8.67. The molecule has 0 aliphatic carbocycles. The van der Waals surface area contributed by atoms with E-state index in [4.69, 9.17) is 5.11 Å². The Morgan fingerprint density at radius 1 is 1.35 bits per heavy atom. The van der Waals surface area contributed by atoms with Crippen LogP contribution in [-0.4, -0.2) is 44.1 Å². The first-order valence-corrected chi connectivity index (χ1v) is 8.40. The first-order chi connectivity index (χ1) is 9.39. The highest BCUT2D eigenvalue weighted by atomic mass is 32.2. The lowest BCUT2D eigenvalue weighted by molar-refractivity contribution is -0.116. The van der Waals surface area contributed by atoms with Crippen LogP contribution in [-0.2, 0) is 14.6 Å². The van der Waals surface area contributed by atoms with E-state index in [1.807, 2.05) is 25.1 Å². The highest BCUT2D eigenvalue weighted by molar-refractivity contribution is 7.92. The Bertz CT molecular complexity index is 554. The Hall–Kier alpha value is -1.40. The number of hydrogen-bond acceptors (Lipinski definition) is 4. The van der Waals surface area contributed by atoms with Gasteiger partial charge in [0.25, 0.3) is 0 Å². The summed E-state index contributed by atoms with van der Waals surface area (Å²) in [6.07, 6.45) is 0.159. The number of carbonyl (C=O) groups excluding carboxylic acids is 1. The predicted octanol–water partition coefficient (Wildman–Crippen LogP) is 1.15. The van der Waals surface area contributed by atoms with Gasteiger partial charge < -0.3 is 10.0 Å². The molecule has 0 saturated heterocycles. The smallest absolute Gasteiger partial charge is 0.242 e. The van der Waals surface area contributed by atoms with Crippen LogP contribution in [0.4, 0.5) is 5.69 Å². The second kappa shape index (κ2) is 7.40. The van der Waals surface area contributed by atoms with Gasteiger partial charge in [-0.3, -0.25) is 4.79 Å². The van der Waals surface area contributed by atoms with Crippen molar-refractivity contribution in [2.75, 3.05) is 29.6 Å². The van der Waals surface area contributed by atoms with Crippen molar-refractivity contribution in [1.82, 2.24) is 0 Å². The van der Waals surface area contributed by atoms with E-state index >= 15 is 0 Å². The third kappa shape index (κ3) is 4.94.